The molecule has 0 unspecified atom stereocenters. The monoisotopic (exact) mass is 334 g/mol. The second kappa shape index (κ2) is 9.42. The second-order valence-electron chi connectivity index (χ2n) is 5.49. The van der Waals surface area contributed by atoms with Crippen molar-refractivity contribution in [2.75, 3.05) is 26.2 Å². The molecule has 120 valence electrons. The minimum Gasteiger partial charge on any atom is -0.314 e. The van der Waals surface area contributed by atoms with E-state index in [0.717, 1.165) is 49.3 Å². The Morgan fingerprint density at radius 3 is 2.52 bits per heavy atom. The fourth-order valence-electron chi connectivity index (χ4n) is 2.68. The van der Waals surface area contributed by atoms with Crippen molar-refractivity contribution in [2.24, 2.45) is 0 Å². The van der Waals surface area contributed by atoms with Gasteiger partial charge >= 0.3 is 0 Å². The Balaban J connectivity index is 0.00000200. The van der Waals surface area contributed by atoms with Crippen LogP contribution in [0, 0.1) is 12.7 Å². The van der Waals surface area contributed by atoms with Gasteiger partial charge in [-0.25, -0.2) is 4.39 Å². The van der Waals surface area contributed by atoms with E-state index >= 15 is 0 Å². The van der Waals surface area contributed by atoms with Crippen molar-refractivity contribution in [3.05, 3.63) is 47.3 Å². The van der Waals surface area contributed by atoms with Crippen molar-refractivity contribution in [2.45, 2.75) is 26.3 Å². The van der Waals surface area contributed by atoms with E-state index in [2.05, 4.69) is 16.8 Å². The smallest absolute Gasteiger partial charge is 0.128 e. The Kier molecular flexibility index (Phi) is 9.14. The summed E-state index contributed by atoms with van der Waals surface area (Å²) in [4.78, 5) is 2.36. The predicted octanol–water partition coefficient (Wildman–Crippen LogP) is 3.89. The predicted molar refractivity (Wildman–Crippen MR) is 92.2 cm³/mol. The van der Waals surface area contributed by atoms with Gasteiger partial charge in [0.25, 0.3) is 0 Å². The van der Waals surface area contributed by atoms with E-state index in [4.69, 9.17) is 0 Å². The van der Waals surface area contributed by atoms with Gasteiger partial charge in [-0.3, -0.25) is 4.90 Å². The molecule has 0 saturated carbocycles. The van der Waals surface area contributed by atoms with Crippen LogP contribution in [-0.2, 0) is 0 Å². The van der Waals surface area contributed by atoms with Gasteiger partial charge in [0.05, 0.1) is 0 Å². The lowest BCUT2D eigenvalue weighted by Crippen LogP contribution is -2.45. The molecule has 1 heterocycles. The summed E-state index contributed by atoms with van der Waals surface area (Å²) < 4.78 is 14.2. The lowest BCUT2D eigenvalue weighted by atomic mass is 9.96. The highest BCUT2D eigenvalue weighted by Crippen LogP contribution is 2.30. The topological polar surface area (TPSA) is 15.3 Å². The average Bonchev–Trinajstić information content (AvgIpc) is 2.40. The largest absolute Gasteiger partial charge is 0.314 e. The Bertz CT molecular complexity index is 460. The third kappa shape index (κ3) is 5.59. The molecule has 2 rings (SSSR count). The maximum Gasteiger partial charge on any atom is 0.128 e. The van der Waals surface area contributed by atoms with E-state index in [1.54, 1.807) is 6.07 Å². The van der Waals surface area contributed by atoms with Crippen LogP contribution in [0.5, 0.6) is 0 Å². The Hall–Kier alpha value is -0.610. The molecule has 2 nitrogen and oxygen atoms in total. The Morgan fingerprint density at radius 2 is 1.95 bits per heavy atom. The van der Waals surface area contributed by atoms with Crippen molar-refractivity contribution in [3.8, 4) is 0 Å². The van der Waals surface area contributed by atoms with Crippen molar-refractivity contribution in [1.82, 2.24) is 10.2 Å². The summed E-state index contributed by atoms with van der Waals surface area (Å²) in [7, 11) is 0. The summed E-state index contributed by atoms with van der Waals surface area (Å²) in [6, 6.07) is 5.50. The summed E-state index contributed by atoms with van der Waals surface area (Å²) >= 11 is 0. The molecule has 1 aromatic rings. The summed E-state index contributed by atoms with van der Waals surface area (Å²) in [5.41, 5.74) is 3.02. The fraction of sp³-hybridized carbons (Fsp3) is 0.500. The second-order valence-corrected chi connectivity index (χ2v) is 5.49. The zero-order valence-electron chi connectivity index (χ0n) is 12.7. The maximum absolute atomic E-state index is 14.2. The number of nitrogens with one attached hydrogen (secondary N) is 1. The quantitative estimate of drug-likeness (QED) is 0.840. The van der Waals surface area contributed by atoms with Gasteiger partial charge in [-0.15, -0.1) is 31.4 Å². The van der Waals surface area contributed by atoms with E-state index < -0.39 is 0 Å². The number of benzene rings is 1. The molecule has 0 aromatic heterocycles. The van der Waals surface area contributed by atoms with E-state index in [0.29, 0.717) is 0 Å². The Labute approximate surface area is 139 Å². The summed E-state index contributed by atoms with van der Waals surface area (Å²) in [6.45, 7) is 11.9. The molecule has 21 heavy (non-hydrogen) atoms. The molecule has 1 aliphatic heterocycles. The highest BCUT2D eigenvalue weighted by molar-refractivity contribution is 5.85. The highest BCUT2D eigenvalue weighted by atomic mass is 35.5. The third-order valence-electron chi connectivity index (χ3n) is 3.64. The molecule has 0 spiro atoms. The number of rotatable bonds is 4. The minimum absolute atomic E-state index is 0. The summed E-state index contributed by atoms with van der Waals surface area (Å²) in [5, 5.41) is 3.34. The van der Waals surface area contributed by atoms with Crippen molar-refractivity contribution in [1.29, 1.82) is 0 Å². The van der Waals surface area contributed by atoms with Crippen LogP contribution >= 0.6 is 24.8 Å². The van der Waals surface area contributed by atoms with Crippen LogP contribution in [0.15, 0.2) is 30.4 Å². The maximum atomic E-state index is 14.2. The van der Waals surface area contributed by atoms with Crippen LogP contribution in [0.1, 0.15) is 30.5 Å². The van der Waals surface area contributed by atoms with E-state index in [1.165, 1.54) is 0 Å². The number of hydrogen-bond acceptors (Lipinski definition) is 2. The molecular formula is C16H25Cl2FN2. The zero-order valence-corrected chi connectivity index (χ0v) is 14.3. The molecule has 1 fully saturated rings. The highest BCUT2D eigenvalue weighted by Gasteiger charge is 2.24. The van der Waals surface area contributed by atoms with Gasteiger partial charge in [-0.2, -0.15) is 0 Å². The molecule has 1 aromatic carbocycles. The standard InChI is InChI=1S/C16H23FN2.2ClH/c1-12(2)10-16(19-8-6-18-7-9-19)14-11-13(3)4-5-15(14)17;;/h4-5,11,16,18H,1,6-10H2,2-3H3;2*1H/t16-;;/m0../s1. The van der Waals surface area contributed by atoms with Gasteiger partial charge in [-0.05, 0) is 26.3 Å². The van der Waals surface area contributed by atoms with Crippen LogP contribution in [0.2, 0.25) is 0 Å². The van der Waals surface area contributed by atoms with E-state index in [9.17, 15) is 4.39 Å². The molecule has 1 aliphatic rings. The van der Waals surface area contributed by atoms with Crippen LogP contribution in [0.25, 0.3) is 0 Å². The van der Waals surface area contributed by atoms with Crippen LogP contribution in [0.3, 0.4) is 0 Å². The Morgan fingerprint density at radius 1 is 1.33 bits per heavy atom. The van der Waals surface area contributed by atoms with Crippen LogP contribution in [-0.4, -0.2) is 31.1 Å². The van der Waals surface area contributed by atoms with Crippen molar-refractivity contribution >= 4 is 24.8 Å². The first kappa shape index (κ1) is 20.4. The molecule has 0 amide bonds. The SMILES string of the molecule is C=C(C)C[C@@H](c1cc(C)ccc1F)N1CCNCC1.Cl.Cl. The van der Waals surface area contributed by atoms with Gasteiger partial charge < -0.3 is 5.32 Å². The van der Waals surface area contributed by atoms with Crippen LogP contribution < -0.4 is 5.32 Å². The summed E-state index contributed by atoms with van der Waals surface area (Å²) in [6.07, 6.45) is 0.820. The van der Waals surface area contributed by atoms with Gasteiger partial charge in [0.2, 0.25) is 0 Å². The van der Waals surface area contributed by atoms with E-state index in [1.807, 2.05) is 26.0 Å². The lowest BCUT2D eigenvalue weighted by Gasteiger charge is -2.35. The van der Waals surface area contributed by atoms with Gasteiger partial charge in [0, 0.05) is 37.8 Å². The normalized spacial score (nSPS) is 16.5. The van der Waals surface area contributed by atoms with Crippen molar-refractivity contribution in [3.63, 3.8) is 0 Å². The zero-order chi connectivity index (χ0) is 13.8. The molecule has 1 saturated heterocycles. The number of piperazine rings is 1. The van der Waals surface area contributed by atoms with Gasteiger partial charge in [-0.1, -0.05) is 23.3 Å². The first-order valence-corrected chi connectivity index (χ1v) is 6.93. The number of halogens is 3. The number of nitrogens with zero attached hydrogens (tertiary/aromatic N) is 1. The molecular weight excluding hydrogens is 310 g/mol. The molecule has 0 aliphatic carbocycles. The van der Waals surface area contributed by atoms with Gasteiger partial charge in [0.15, 0.2) is 0 Å². The summed E-state index contributed by atoms with van der Waals surface area (Å²) in [5.74, 6) is -0.101. The molecule has 1 N–H and O–H groups in total. The lowest BCUT2D eigenvalue weighted by molar-refractivity contribution is 0.169. The first-order valence-electron chi connectivity index (χ1n) is 6.93. The number of aryl methyl sites for hydroxylation is 1. The fourth-order valence-corrected chi connectivity index (χ4v) is 2.68. The molecule has 0 radical (unpaired) electrons. The molecule has 5 heteroatoms. The minimum atomic E-state index is -0.101. The van der Waals surface area contributed by atoms with Gasteiger partial charge in [0.1, 0.15) is 5.82 Å². The molecule has 0 bridgehead atoms. The third-order valence-corrected chi connectivity index (χ3v) is 3.64. The van der Waals surface area contributed by atoms with Crippen LogP contribution in [0.4, 0.5) is 4.39 Å². The first-order chi connectivity index (χ1) is 9.08. The molecule has 1 atom stereocenters. The number of hydrogen-bond donors (Lipinski definition) is 1. The van der Waals surface area contributed by atoms with Crippen molar-refractivity contribution < 1.29 is 4.39 Å². The van der Waals surface area contributed by atoms with E-state index in [-0.39, 0.29) is 36.7 Å². The average molecular weight is 335 g/mol.